The summed E-state index contributed by atoms with van der Waals surface area (Å²) >= 11 is 3.24. The third-order valence-electron chi connectivity index (χ3n) is 2.68. The summed E-state index contributed by atoms with van der Waals surface area (Å²) in [4.78, 5) is 10.8. The molecule has 1 N–H and O–H groups in total. The van der Waals surface area contributed by atoms with E-state index < -0.39 is 0 Å². The van der Waals surface area contributed by atoms with Crippen molar-refractivity contribution in [1.29, 1.82) is 0 Å². The van der Waals surface area contributed by atoms with Gasteiger partial charge in [0.05, 0.1) is 6.61 Å². The van der Waals surface area contributed by atoms with Gasteiger partial charge < -0.3 is 5.11 Å². The van der Waals surface area contributed by atoms with Gasteiger partial charge in [-0.1, -0.05) is 30.3 Å². The molecule has 19 heavy (non-hydrogen) atoms. The number of benzene rings is 1. The van der Waals surface area contributed by atoms with Gasteiger partial charge in [-0.25, -0.2) is 9.97 Å². The van der Waals surface area contributed by atoms with Crippen LogP contribution in [0.1, 0.15) is 0 Å². The third kappa shape index (κ3) is 2.63. The van der Waals surface area contributed by atoms with Gasteiger partial charge in [0, 0.05) is 16.0 Å². The third-order valence-corrected chi connectivity index (χ3v) is 4.76. The molecular formula is C14H12N2OS2. The molecule has 0 spiro atoms. The number of hydrogen-bond acceptors (Lipinski definition) is 5. The smallest absolute Gasteiger partial charge is 0.128 e. The van der Waals surface area contributed by atoms with Crippen LogP contribution in [0.25, 0.3) is 20.7 Å². The second kappa shape index (κ2) is 5.69. The standard InChI is InChI=1S/C14H12N2OS2/c17-6-7-18-13-11-8-12(10-4-2-1-3-5-10)19-14(11)16-9-15-13/h1-5,8-9,17H,6-7H2. The Morgan fingerprint density at radius 2 is 2.00 bits per heavy atom. The molecule has 0 radical (unpaired) electrons. The van der Waals surface area contributed by atoms with Crippen LogP contribution in [0.5, 0.6) is 0 Å². The van der Waals surface area contributed by atoms with Gasteiger partial charge in [-0.15, -0.1) is 23.1 Å². The molecule has 0 aliphatic rings. The molecule has 0 unspecified atom stereocenters. The molecule has 2 aromatic heterocycles. The van der Waals surface area contributed by atoms with E-state index in [-0.39, 0.29) is 6.61 Å². The lowest BCUT2D eigenvalue weighted by Gasteiger charge is -1.98. The molecule has 0 aliphatic heterocycles. The number of hydrogen-bond donors (Lipinski definition) is 1. The maximum Gasteiger partial charge on any atom is 0.128 e. The molecular weight excluding hydrogens is 276 g/mol. The second-order valence-electron chi connectivity index (χ2n) is 3.95. The van der Waals surface area contributed by atoms with E-state index in [2.05, 4.69) is 28.2 Å². The first kappa shape index (κ1) is 12.6. The first-order chi connectivity index (χ1) is 9.38. The Morgan fingerprint density at radius 3 is 2.79 bits per heavy atom. The van der Waals surface area contributed by atoms with Crippen LogP contribution >= 0.6 is 23.1 Å². The normalized spacial score (nSPS) is 11.0. The average molecular weight is 288 g/mol. The zero-order valence-electron chi connectivity index (χ0n) is 10.1. The fourth-order valence-corrected chi connectivity index (χ4v) is 3.62. The summed E-state index contributed by atoms with van der Waals surface area (Å²) in [5.41, 5.74) is 1.20. The Bertz CT molecular complexity index is 682. The van der Waals surface area contributed by atoms with Crippen LogP contribution in [0.15, 0.2) is 47.8 Å². The molecule has 0 fully saturated rings. The highest BCUT2D eigenvalue weighted by Gasteiger charge is 2.10. The molecule has 0 amide bonds. The van der Waals surface area contributed by atoms with Crippen molar-refractivity contribution < 1.29 is 5.11 Å². The highest BCUT2D eigenvalue weighted by molar-refractivity contribution is 7.99. The summed E-state index contributed by atoms with van der Waals surface area (Å²) in [6, 6.07) is 12.4. The molecule has 0 saturated heterocycles. The fraction of sp³-hybridized carbons (Fsp3) is 0.143. The molecule has 2 heterocycles. The Hall–Kier alpha value is -1.43. The van der Waals surface area contributed by atoms with Crippen molar-refractivity contribution >= 4 is 33.3 Å². The topological polar surface area (TPSA) is 46.0 Å². The predicted molar refractivity (Wildman–Crippen MR) is 80.7 cm³/mol. The molecule has 3 nitrogen and oxygen atoms in total. The van der Waals surface area contributed by atoms with E-state index >= 15 is 0 Å². The lowest BCUT2D eigenvalue weighted by molar-refractivity contribution is 0.322. The molecule has 0 bridgehead atoms. The van der Waals surface area contributed by atoms with Gasteiger partial charge >= 0.3 is 0 Å². The Balaban J connectivity index is 2.05. The second-order valence-corrected chi connectivity index (χ2v) is 6.06. The van der Waals surface area contributed by atoms with Gasteiger partial charge in [0.25, 0.3) is 0 Å². The Kier molecular flexibility index (Phi) is 3.77. The number of rotatable bonds is 4. The summed E-state index contributed by atoms with van der Waals surface area (Å²) in [6.45, 7) is 0.159. The van der Waals surface area contributed by atoms with Crippen molar-refractivity contribution in [3.05, 3.63) is 42.7 Å². The van der Waals surface area contributed by atoms with Crippen LogP contribution in [-0.4, -0.2) is 27.4 Å². The number of thioether (sulfide) groups is 1. The monoisotopic (exact) mass is 288 g/mol. The van der Waals surface area contributed by atoms with Crippen molar-refractivity contribution in [1.82, 2.24) is 9.97 Å². The minimum absolute atomic E-state index is 0.159. The zero-order valence-corrected chi connectivity index (χ0v) is 11.7. The largest absolute Gasteiger partial charge is 0.396 e. The van der Waals surface area contributed by atoms with Crippen molar-refractivity contribution in [2.45, 2.75) is 5.03 Å². The molecule has 3 rings (SSSR count). The van der Waals surface area contributed by atoms with Crippen LogP contribution < -0.4 is 0 Å². The van der Waals surface area contributed by atoms with Gasteiger partial charge in [0.2, 0.25) is 0 Å². The van der Waals surface area contributed by atoms with E-state index in [1.54, 1.807) is 29.4 Å². The first-order valence-corrected chi connectivity index (χ1v) is 7.72. The van der Waals surface area contributed by atoms with E-state index in [1.807, 2.05) is 18.2 Å². The van der Waals surface area contributed by atoms with Crippen LogP contribution in [0.3, 0.4) is 0 Å². The minimum atomic E-state index is 0.159. The molecule has 0 atom stereocenters. The van der Waals surface area contributed by atoms with Crippen molar-refractivity contribution in [2.75, 3.05) is 12.4 Å². The first-order valence-electron chi connectivity index (χ1n) is 5.92. The Labute approximate surface area is 119 Å². The molecule has 5 heteroatoms. The number of nitrogens with zero attached hydrogens (tertiary/aromatic N) is 2. The van der Waals surface area contributed by atoms with Gasteiger partial charge in [-0.05, 0) is 11.6 Å². The highest BCUT2D eigenvalue weighted by atomic mass is 32.2. The summed E-state index contributed by atoms with van der Waals surface area (Å²) in [5, 5.41) is 10.9. The summed E-state index contributed by atoms with van der Waals surface area (Å²) in [6.07, 6.45) is 1.59. The molecule has 1 aromatic carbocycles. The average Bonchev–Trinajstić information content (AvgIpc) is 2.90. The highest BCUT2D eigenvalue weighted by Crippen LogP contribution is 2.35. The van der Waals surface area contributed by atoms with E-state index in [0.29, 0.717) is 5.75 Å². The number of aromatic nitrogens is 2. The lowest BCUT2D eigenvalue weighted by Crippen LogP contribution is -1.88. The van der Waals surface area contributed by atoms with E-state index in [0.717, 1.165) is 15.2 Å². The Morgan fingerprint density at radius 1 is 1.16 bits per heavy atom. The lowest BCUT2D eigenvalue weighted by atomic mass is 10.2. The summed E-state index contributed by atoms with van der Waals surface area (Å²) < 4.78 is 0. The maximum atomic E-state index is 8.92. The quantitative estimate of drug-likeness (QED) is 0.590. The van der Waals surface area contributed by atoms with Gasteiger partial charge in [-0.3, -0.25) is 0 Å². The van der Waals surface area contributed by atoms with E-state index in [4.69, 9.17) is 5.11 Å². The number of aliphatic hydroxyl groups excluding tert-OH is 1. The van der Waals surface area contributed by atoms with Crippen LogP contribution in [-0.2, 0) is 0 Å². The van der Waals surface area contributed by atoms with Gasteiger partial charge in [0.15, 0.2) is 0 Å². The predicted octanol–water partition coefficient (Wildman–Crippen LogP) is 3.44. The molecule has 3 aromatic rings. The van der Waals surface area contributed by atoms with Crippen LogP contribution in [0.2, 0.25) is 0 Å². The number of thiophene rings is 1. The van der Waals surface area contributed by atoms with Crippen molar-refractivity contribution in [3.8, 4) is 10.4 Å². The summed E-state index contributed by atoms with van der Waals surface area (Å²) in [7, 11) is 0. The van der Waals surface area contributed by atoms with Crippen LogP contribution in [0, 0.1) is 0 Å². The van der Waals surface area contributed by atoms with E-state index in [9.17, 15) is 0 Å². The van der Waals surface area contributed by atoms with E-state index in [1.165, 1.54) is 10.4 Å². The maximum absolute atomic E-state index is 8.92. The number of aliphatic hydroxyl groups is 1. The zero-order chi connectivity index (χ0) is 13.1. The molecule has 96 valence electrons. The van der Waals surface area contributed by atoms with Crippen molar-refractivity contribution in [2.24, 2.45) is 0 Å². The molecule has 0 saturated carbocycles. The SMILES string of the molecule is OCCSc1ncnc2sc(-c3ccccc3)cc12. The van der Waals surface area contributed by atoms with Crippen molar-refractivity contribution in [3.63, 3.8) is 0 Å². The van der Waals surface area contributed by atoms with Crippen LogP contribution in [0.4, 0.5) is 0 Å². The number of fused-ring (bicyclic) bond motifs is 1. The minimum Gasteiger partial charge on any atom is -0.396 e. The fourth-order valence-electron chi connectivity index (χ4n) is 1.84. The van der Waals surface area contributed by atoms with Gasteiger partial charge in [-0.2, -0.15) is 0 Å². The summed E-state index contributed by atoms with van der Waals surface area (Å²) in [5.74, 6) is 0.655. The molecule has 0 aliphatic carbocycles. The van der Waals surface area contributed by atoms with Gasteiger partial charge in [0.1, 0.15) is 16.2 Å².